The zero-order valence-electron chi connectivity index (χ0n) is 8.78. The molecule has 1 unspecified atom stereocenters. The van der Waals surface area contributed by atoms with Crippen molar-refractivity contribution in [2.75, 3.05) is 6.54 Å². The SMILES string of the molecule is N=C=O.N=C=O.N=C=O.O=C(O)C1CCCN1. The Kier molecular flexibility index (Phi) is 22.6. The van der Waals surface area contributed by atoms with E-state index >= 15 is 0 Å². The fourth-order valence-corrected chi connectivity index (χ4v) is 0.895. The maximum absolute atomic E-state index is 10.1. The van der Waals surface area contributed by atoms with Gasteiger partial charge in [-0.05, 0) is 19.4 Å². The van der Waals surface area contributed by atoms with Crippen LogP contribution in [-0.2, 0) is 19.2 Å². The van der Waals surface area contributed by atoms with Gasteiger partial charge in [0.25, 0.3) is 0 Å². The number of hydrogen-bond donors (Lipinski definition) is 5. The smallest absolute Gasteiger partial charge is 0.320 e. The summed E-state index contributed by atoms with van der Waals surface area (Å²) in [4.78, 5) is 35.2. The highest BCUT2D eigenvalue weighted by atomic mass is 16.4. The predicted octanol–water partition coefficient (Wildman–Crippen LogP) is -0.474. The summed E-state index contributed by atoms with van der Waals surface area (Å²) >= 11 is 0. The van der Waals surface area contributed by atoms with Crippen LogP contribution in [0.15, 0.2) is 0 Å². The van der Waals surface area contributed by atoms with Crippen molar-refractivity contribution in [1.29, 1.82) is 16.2 Å². The zero-order chi connectivity index (χ0) is 14.1. The standard InChI is InChI=1S/C5H9NO2.3CHNO/c7-5(8)4-2-1-3-6-4;3*2-1-3/h4,6H,1-3H2,(H,7,8);3*2H. The summed E-state index contributed by atoms with van der Waals surface area (Å²) in [5.74, 6) is -0.720. The molecule has 1 aliphatic rings. The summed E-state index contributed by atoms with van der Waals surface area (Å²) in [6.45, 7) is 0.858. The summed E-state index contributed by atoms with van der Waals surface area (Å²) in [5.41, 5.74) is 0. The van der Waals surface area contributed by atoms with Crippen molar-refractivity contribution in [3.8, 4) is 0 Å². The molecule has 0 saturated carbocycles. The fourth-order valence-electron chi connectivity index (χ4n) is 0.895. The van der Waals surface area contributed by atoms with E-state index in [1.807, 2.05) is 0 Å². The Morgan fingerprint density at radius 3 is 1.59 bits per heavy atom. The Hall–Kier alpha value is -2.43. The van der Waals surface area contributed by atoms with Gasteiger partial charge in [-0.1, -0.05) is 0 Å². The van der Waals surface area contributed by atoms with Crippen molar-refractivity contribution in [3.63, 3.8) is 0 Å². The van der Waals surface area contributed by atoms with Gasteiger partial charge in [-0.3, -0.25) is 4.79 Å². The number of carboxylic acid groups (broad SMARTS) is 1. The highest BCUT2D eigenvalue weighted by Gasteiger charge is 2.20. The maximum Gasteiger partial charge on any atom is 0.320 e. The van der Waals surface area contributed by atoms with E-state index in [0.29, 0.717) is 0 Å². The molecule has 0 aromatic heterocycles. The molecule has 0 aromatic rings. The van der Waals surface area contributed by atoms with Crippen molar-refractivity contribution < 1.29 is 24.3 Å². The van der Waals surface area contributed by atoms with Gasteiger partial charge in [0.1, 0.15) is 6.04 Å². The molecule has 0 aromatic carbocycles. The monoisotopic (exact) mass is 244 g/mol. The number of carboxylic acids is 1. The molecule has 0 aliphatic carbocycles. The van der Waals surface area contributed by atoms with Gasteiger partial charge in [0.15, 0.2) is 0 Å². The van der Waals surface area contributed by atoms with E-state index in [1.165, 1.54) is 0 Å². The first-order valence-corrected chi connectivity index (χ1v) is 4.13. The van der Waals surface area contributed by atoms with E-state index in [2.05, 4.69) is 5.32 Å². The molecule has 1 fully saturated rings. The molecule has 1 rings (SSSR count). The normalized spacial score (nSPS) is 14.7. The molecular formula is C8H12N4O5. The van der Waals surface area contributed by atoms with Gasteiger partial charge in [-0.25, -0.2) is 30.6 Å². The Balaban J connectivity index is -0.000000184. The number of carbonyl (C=O) groups excluding carboxylic acids is 3. The molecular weight excluding hydrogens is 232 g/mol. The molecule has 0 amide bonds. The minimum Gasteiger partial charge on any atom is -0.480 e. The van der Waals surface area contributed by atoms with Gasteiger partial charge >= 0.3 is 5.97 Å². The van der Waals surface area contributed by atoms with Crippen molar-refractivity contribution in [2.24, 2.45) is 0 Å². The molecule has 1 aliphatic heterocycles. The predicted molar refractivity (Wildman–Crippen MR) is 53.9 cm³/mol. The highest BCUT2D eigenvalue weighted by Crippen LogP contribution is 2.03. The number of carbonyl (C=O) groups is 1. The Labute approximate surface area is 96.4 Å². The van der Waals surface area contributed by atoms with Crippen LogP contribution in [0.4, 0.5) is 0 Å². The third-order valence-corrected chi connectivity index (χ3v) is 1.36. The minimum atomic E-state index is -0.720. The molecule has 1 atom stereocenters. The largest absolute Gasteiger partial charge is 0.480 e. The van der Waals surface area contributed by atoms with Crippen molar-refractivity contribution in [3.05, 3.63) is 0 Å². The second kappa shape index (κ2) is 19.2. The first-order valence-electron chi connectivity index (χ1n) is 4.13. The second-order valence-corrected chi connectivity index (χ2v) is 2.29. The molecule has 0 bridgehead atoms. The van der Waals surface area contributed by atoms with Crippen LogP contribution >= 0.6 is 0 Å². The molecule has 5 N–H and O–H groups in total. The van der Waals surface area contributed by atoms with Gasteiger partial charge in [-0.15, -0.1) is 0 Å². The first kappa shape index (κ1) is 20.0. The number of rotatable bonds is 1. The van der Waals surface area contributed by atoms with E-state index in [-0.39, 0.29) is 6.04 Å². The van der Waals surface area contributed by atoms with E-state index in [4.69, 9.17) is 35.7 Å². The van der Waals surface area contributed by atoms with Crippen molar-refractivity contribution >= 4 is 24.2 Å². The minimum absolute atomic E-state index is 0.269. The lowest BCUT2D eigenvalue weighted by Crippen LogP contribution is -2.29. The quantitative estimate of drug-likeness (QED) is 0.308. The van der Waals surface area contributed by atoms with E-state index in [0.717, 1.165) is 37.6 Å². The van der Waals surface area contributed by atoms with E-state index in [9.17, 15) is 4.79 Å². The van der Waals surface area contributed by atoms with Gasteiger partial charge in [-0.2, -0.15) is 0 Å². The van der Waals surface area contributed by atoms with E-state index in [1.54, 1.807) is 0 Å². The molecule has 0 radical (unpaired) electrons. The lowest BCUT2D eigenvalue weighted by atomic mass is 10.2. The Bertz CT molecular complexity index is 265. The molecule has 17 heavy (non-hydrogen) atoms. The molecule has 9 heteroatoms. The van der Waals surface area contributed by atoms with Gasteiger partial charge < -0.3 is 10.4 Å². The third kappa shape index (κ3) is 24.7. The Morgan fingerprint density at radius 2 is 1.47 bits per heavy atom. The Morgan fingerprint density at radius 1 is 1.12 bits per heavy atom. The summed E-state index contributed by atoms with van der Waals surface area (Å²) in [5, 5.41) is 27.4. The molecule has 0 spiro atoms. The van der Waals surface area contributed by atoms with Crippen LogP contribution in [0.5, 0.6) is 0 Å². The van der Waals surface area contributed by atoms with Crippen LogP contribution in [0.25, 0.3) is 0 Å². The summed E-state index contributed by atoms with van der Waals surface area (Å²) in [7, 11) is 0. The molecule has 9 nitrogen and oxygen atoms in total. The maximum atomic E-state index is 10.1. The lowest BCUT2D eigenvalue weighted by molar-refractivity contribution is -0.139. The van der Waals surface area contributed by atoms with Gasteiger partial charge in [0.2, 0.25) is 18.2 Å². The molecule has 94 valence electrons. The van der Waals surface area contributed by atoms with Crippen LogP contribution in [0, 0.1) is 16.2 Å². The van der Waals surface area contributed by atoms with Crippen LogP contribution in [0.3, 0.4) is 0 Å². The third-order valence-electron chi connectivity index (χ3n) is 1.36. The fraction of sp³-hybridized carbons (Fsp3) is 0.500. The molecule has 1 heterocycles. The number of aliphatic carboxylic acids is 1. The highest BCUT2D eigenvalue weighted by molar-refractivity contribution is 5.73. The lowest BCUT2D eigenvalue weighted by Gasteiger charge is -1.99. The number of hydrogen-bond acceptors (Lipinski definition) is 8. The summed E-state index contributed by atoms with van der Waals surface area (Å²) < 4.78 is 0. The molecule has 1 saturated heterocycles. The number of isocyanates is 3. The number of nitrogens with one attached hydrogen (secondary N) is 4. The van der Waals surface area contributed by atoms with Gasteiger partial charge in [0, 0.05) is 0 Å². The van der Waals surface area contributed by atoms with Crippen LogP contribution in [0.2, 0.25) is 0 Å². The summed E-state index contributed by atoms with van der Waals surface area (Å²) in [6.07, 6.45) is 4.03. The average Bonchev–Trinajstić information content (AvgIpc) is 2.73. The first-order chi connectivity index (χ1) is 8.05. The van der Waals surface area contributed by atoms with Crippen molar-refractivity contribution in [1.82, 2.24) is 5.32 Å². The second-order valence-electron chi connectivity index (χ2n) is 2.29. The van der Waals surface area contributed by atoms with Crippen molar-refractivity contribution in [2.45, 2.75) is 18.9 Å². The topological polar surface area (TPSA) is 172 Å². The van der Waals surface area contributed by atoms with E-state index < -0.39 is 5.97 Å². The van der Waals surface area contributed by atoms with Gasteiger partial charge in [0.05, 0.1) is 0 Å². The van der Waals surface area contributed by atoms with Crippen LogP contribution < -0.4 is 5.32 Å². The van der Waals surface area contributed by atoms with Crippen LogP contribution in [-0.4, -0.2) is 41.9 Å². The zero-order valence-corrected chi connectivity index (χ0v) is 8.78. The van der Waals surface area contributed by atoms with Crippen LogP contribution in [0.1, 0.15) is 12.8 Å². The summed E-state index contributed by atoms with van der Waals surface area (Å²) in [6, 6.07) is -0.269. The average molecular weight is 244 g/mol.